The molecule has 116 valence electrons. The Balaban J connectivity index is 1.90. The van der Waals surface area contributed by atoms with E-state index < -0.39 is 0 Å². The Labute approximate surface area is 123 Å². The van der Waals surface area contributed by atoms with Crippen LogP contribution in [0.5, 0.6) is 0 Å². The first-order chi connectivity index (χ1) is 9.59. The van der Waals surface area contributed by atoms with Gasteiger partial charge >= 0.3 is 0 Å². The molecule has 0 saturated carbocycles. The zero-order valence-electron chi connectivity index (χ0n) is 13.4. The summed E-state index contributed by atoms with van der Waals surface area (Å²) < 4.78 is 0. The Hall–Kier alpha value is -0.610. The van der Waals surface area contributed by atoms with E-state index in [0.717, 1.165) is 39.0 Å². The molecule has 2 saturated heterocycles. The average molecular weight is 281 g/mol. The Morgan fingerprint density at radius 1 is 1.30 bits per heavy atom. The van der Waals surface area contributed by atoms with Gasteiger partial charge in [0.25, 0.3) is 0 Å². The van der Waals surface area contributed by atoms with Gasteiger partial charge in [0, 0.05) is 19.6 Å². The number of nitrogens with one attached hydrogen (secondary N) is 1. The van der Waals surface area contributed by atoms with Crippen LogP contribution in [0.25, 0.3) is 0 Å². The number of carbonyl (C=O) groups is 1. The van der Waals surface area contributed by atoms with Crippen molar-refractivity contribution in [2.75, 3.05) is 33.2 Å². The Morgan fingerprint density at radius 2 is 2.00 bits per heavy atom. The minimum atomic E-state index is 0.148. The number of likely N-dealkylation sites (N-methyl/N-ethyl adjacent to an activating group) is 1. The molecule has 4 heteroatoms. The molecular weight excluding hydrogens is 250 g/mol. The second-order valence-corrected chi connectivity index (χ2v) is 6.82. The van der Waals surface area contributed by atoms with Crippen LogP contribution in [0.4, 0.5) is 0 Å². The second kappa shape index (κ2) is 7.41. The van der Waals surface area contributed by atoms with Gasteiger partial charge in [-0.3, -0.25) is 9.69 Å². The van der Waals surface area contributed by atoms with Crippen LogP contribution in [0.15, 0.2) is 0 Å². The van der Waals surface area contributed by atoms with Gasteiger partial charge in [-0.1, -0.05) is 13.8 Å². The molecule has 0 bridgehead atoms. The summed E-state index contributed by atoms with van der Waals surface area (Å²) in [5.41, 5.74) is 0. The summed E-state index contributed by atoms with van der Waals surface area (Å²) in [7, 11) is 1.98. The maximum atomic E-state index is 12.7. The first-order valence-electron chi connectivity index (χ1n) is 8.31. The lowest BCUT2D eigenvalue weighted by Gasteiger charge is -2.36. The molecule has 2 heterocycles. The summed E-state index contributed by atoms with van der Waals surface area (Å²) in [4.78, 5) is 17.1. The minimum absolute atomic E-state index is 0.148. The summed E-state index contributed by atoms with van der Waals surface area (Å²) in [5.74, 6) is 1.01. The number of carbonyl (C=O) groups excluding carboxylic acids is 1. The zero-order chi connectivity index (χ0) is 14.5. The van der Waals surface area contributed by atoms with E-state index in [1.807, 2.05) is 11.9 Å². The molecule has 0 radical (unpaired) electrons. The van der Waals surface area contributed by atoms with Crippen LogP contribution in [0.1, 0.15) is 46.0 Å². The van der Waals surface area contributed by atoms with Crippen molar-refractivity contribution in [1.29, 1.82) is 0 Å². The first kappa shape index (κ1) is 15.8. The molecule has 0 spiro atoms. The number of hydrogen-bond acceptors (Lipinski definition) is 3. The van der Waals surface area contributed by atoms with E-state index in [9.17, 15) is 4.79 Å². The highest BCUT2D eigenvalue weighted by Crippen LogP contribution is 2.25. The topological polar surface area (TPSA) is 35.6 Å². The van der Waals surface area contributed by atoms with Crippen molar-refractivity contribution in [2.24, 2.45) is 5.92 Å². The van der Waals surface area contributed by atoms with Gasteiger partial charge in [0.15, 0.2) is 0 Å². The van der Waals surface area contributed by atoms with Gasteiger partial charge in [-0.05, 0) is 57.7 Å². The van der Waals surface area contributed by atoms with Crippen molar-refractivity contribution in [2.45, 2.75) is 58.0 Å². The van der Waals surface area contributed by atoms with E-state index in [-0.39, 0.29) is 6.04 Å². The number of hydrogen-bond donors (Lipinski definition) is 1. The standard InChI is InChI=1S/C16H31N3O/c1-13(2)8-12-18(3)16(20)15-5-4-11-19(15)14-6-9-17-10-7-14/h13-15,17H,4-12H2,1-3H3. The van der Waals surface area contributed by atoms with Crippen LogP contribution in [0, 0.1) is 5.92 Å². The molecule has 0 aromatic carbocycles. The lowest BCUT2D eigenvalue weighted by molar-refractivity contribution is -0.135. The molecule has 20 heavy (non-hydrogen) atoms. The van der Waals surface area contributed by atoms with Crippen molar-refractivity contribution < 1.29 is 4.79 Å². The molecule has 0 aliphatic carbocycles. The van der Waals surface area contributed by atoms with Gasteiger partial charge in [-0.15, -0.1) is 0 Å². The molecule has 0 aromatic rings. The molecule has 2 aliphatic heterocycles. The molecule has 1 unspecified atom stereocenters. The lowest BCUT2D eigenvalue weighted by Crippen LogP contribution is -2.51. The van der Waals surface area contributed by atoms with Gasteiger partial charge in [-0.2, -0.15) is 0 Å². The monoisotopic (exact) mass is 281 g/mol. The molecule has 2 rings (SSSR count). The van der Waals surface area contributed by atoms with Gasteiger partial charge in [0.05, 0.1) is 6.04 Å². The molecule has 1 atom stereocenters. The lowest BCUT2D eigenvalue weighted by atomic mass is 10.0. The maximum absolute atomic E-state index is 12.7. The third-order valence-electron chi connectivity index (χ3n) is 4.78. The van der Waals surface area contributed by atoms with Crippen LogP contribution in [0.2, 0.25) is 0 Å². The van der Waals surface area contributed by atoms with Crippen molar-refractivity contribution in [3.8, 4) is 0 Å². The van der Waals surface area contributed by atoms with E-state index >= 15 is 0 Å². The summed E-state index contributed by atoms with van der Waals surface area (Å²) >= 11 is 0. The fraction of sp³-hybridized carbons (Fsp3) is 0.938. The molecule has 2 aliphatic rings. The Bertz CT molecular complexity index is 313. The van der Waals surface area contributed by atoms with Crippen LogP contribution >= 0.6 is 0 Å². The van der Waals surface area contributed by atoms with E-state index in [1.54, 1.807) is 0 Å². The van der Waals surface area contributed by atoms with Gasteiger partial charge in [0.1, 0.15) is 0 Å². The summed E-state index contributed by atoms with van der Waals surface area (Å²) in [6.45, 7) is 8.65. The first-order valence-corrected chi connectivity index (χ1v) is 8.31. The Kier molecular flexibility index (Phi) is 5.85. The third kappa shape index (κ3) is 3.95. The number of piperidine rings is 1. The van der Waals surface area contributed by atoms with Crippen LogP contribution in [0.3, 0.4) is 0 Å². The van der Waals surface area contributed by atoms with E-state index in [2.05, 4.69) is 24.1 Å². The normalized spacial score (nSPS) is 25.3. The molecule has 1 amide bonds. The number of likely N-dealkylation sites (tertiary alicyclic amines) is 1. The summed E-state index contributed by atoms with van der Waals surface area (Å²) in [6, 6.07) is 0.765. The largest absolute Gasteiger partial charge is 0.344 e. The number of rotatable bonds is 5. The molecule has 2 fully saturated rings. The van der Waals surface area contributed by atoms with Gasteiger partial charge in [-0.25, -0.2) is 0 Å². The molecule has 0 aromatic heterocycles. The summed E-state index contributed by atoms with van der Waals surface area (Å²) in [5, 5.41) is 3.42. The molecule has 4 nitrogen and oxygen atoms in total. The van der Waals surface area contributed by atoms with Crippen LogP contribution in [-0.4, -0.2) is 61.0 Å². The Morgan fingerprint density at radius 3 is 2.65 bits per heavy atom. The predicted molar refractivity (Wildman–Crippen MR) is 82.7 cm³/mol. The number of amides is 1. The SMILES string of the molecule is CC(C)CCN(C)C(=O)C1CCCN1C1CCNCC1. The van der Waals surface area contributed by atoms with Crippen molar-refractivity contribution in [1.82, 2.24) is 15.1 Å². The quantitative estimate of drug-likeness (QED) is 0.833. The van der Waals surface area contributed by atoms with Crippen molar-refractivity contribution >= 4 is 5.91 Å². The smallest absolute Gasteiger partial charge is 0.239 e. The zero-order valence-corrected chi connectivity index (χ0v) is 13.4. The molecule has 1 N–H and O–H groups in total. The van der Waals surface area contributed by atoms with Crippen molar-refractivity contribution in [3.63, 3.8) is 0 Å². The second-order valence-electron chi connectivity index (χ2n) is 6.82. The highest BCUT2D eigenvalue weighted by Gasteiger charge is 2.36. The fourth-order valence-corrected chi connectivity index (χ4v) is 3.45. The average Bonchev–Trinajstić information content (AvgIpc) is 2.94. The predicted octanol–water partition coefficient (Wildman–Crippen LogP) is 1.71. The fourth-order valence-electron chi connectivity index (χ4n) is 3.45. The van der Waals surface area contributed by atoms with E-state index in [0.29, 0.717) is 17.9 Å². The summed E-state index contributed by atoms with van der Waals surface area (Å²) in [6.07, 6.45) is 5.72. The van der Waals surface area contributed by atoms with Gasteiger partial charge < -0.3 is 10.2 Å². The van der Waals surface area contributed by atoms with E-state index in [1.165, 1.54) is 19.3 Å². The van der Waals surface area contributed by atoms with E-state index in [4.69, 9.17) is 0 Å². The van der Waals surface area contributed by atoms with Crippen LogP contribution in [-0.2, 0) is 4.79 Å². The number of nitrogens with zero attached hydrogens (tertiary/aromatic N) is 2. The highest BCUT2D eigenvalue weighted by molar-refractivity contribution is 5.82. The molecular formula is C16H31N3O. The highest BCUT2D eigenvalue weighted by atomic mass is 16.2. The maximum Gasteiger partial charge on any atom is 0.239 e. The van der Waals surface area contributed by atoms with Crippen LogP contribution < -0.4 is 5.32 Å². The third-order valence-corrected chi connectivity index (χ3v) is 4.78. The minimum Gasteiger partial charge on any atom is -0.344 e. The van der Waals surface area contributed by atoms with Gasteiger partial charge in [0.2, 0.25) is 5.91 Å². The van der Waals surface area contributed by atoms with Crippen molar-refractivity contribution in [3.05, 3.63) is 0 Å².